The third-order valence-corrected chi connectivity index (χ3v) is 3.40. The molecule has 5 heteroatoms. The van der Waals surface area contributed by atoms with Crippen LogP contribution in [-0.2, 0) is 6.54 Å². The molecule has 5 nitrogen and oxygen atoms in total. The molecule has 0 saturated heterocycles. The van der Waals surface area contributed by atoms with Gasteiger partial charge in [-0.2, -0.15) is 0 Å². The van der Waals surface area contributed by atoms with E-state index < -0.39 is 0 Å². The van der Waals surface area contributed by atoms with Gasteiger partial charge in [0.1, 0.15) is 18.0 Å². The molecule has 0 aliphatic carbocycles. The summed E-state index contributed by atoms with van der Waals surface area (Å²) in [6.07, 6.45) is 5.30. The summed E-state index contributed by atoms with van der Waals surface area (Å²) in [5, 5.41) is 6.72. The Bertz CT molecular complexity index is 595. The number of anilines is 2. The first-order chi connectivity index (χ1) is 10.1. The molecule has 21 heavy (non-hydrogen) atoms. The lowest BCUT2D eigenvalue weighted by molar-refractivity contribution is 0.843. The van der Waals surface area contributed by atoms with E-state index in [-0.39, 0.29) is 0 Å². The van der Waals surface area contributed by atoms with Crippen molar-refractivity contribution in [1.82, 2.24) is 15.0 Å². The van der Waals surface area contributed by atoms with Crippen LogP contribution >= 0.6 is 0 Å². The molecule has 0 atom stereocenters. The van der Waals surface area contributed by atoms with Gasteiger partial charge >= 0.3 is 0 Å². The van der Waals surface area contributed by atoms with Crippen LogP contribution in [0.15, 0.2) is 24.8 Å². The summed E-state index contributed by atoms with van der Waals surface area (Å²) in [7, 11) is 0. The number of rotatable bonds is 6. The number of hydrogen-bond acceptors (Lipinski definition) is 5. The summed E-state index contributed by atoms with van der Waals surface area (Å²) in [4.78, 5) is 12.9. The van der Waals surface area contributed by atoms with Crippen molar-refractivity contribution in [2.24, 2.45) is 0 Å². The number of hydrogen-bond donors (Lipinski definition) is 2. The molecule has 0 unspecified atom stereocenters. The molecule has 0 amide bonds. The second kappa shape index (κ2) is 7.02. The fourth-order valence-electron chi connectivity index (χ4n) is 2.25. The number of aromatic nitrogens is 3. The van der Waals surface area contributed by atoms with Gasteiger partial charge in [0.2, 0.25) is 0 Å². The van der Waals surface area contributed by atoms with E-state index in [9.17, 15) is 0 Å². The Morgan fingerprint density at radius 1 is 1.14 bits per heavy atom. The van der Waals surface area contributed by atoms with Gasteiger partial charge in [0.15, 0.2) is 0 Å². The Balaban J connectivity index is 2.23. The number of aryl methyl sites for hydroxylation is 1. The molecule has 2 aromatic heterocycles. The van der Waals surface area contributed by atoms with Crippen LogP contribution in [0.2, 0.25) is 0 Å². The molecule has 0 aliphatic heterocycles. The Hall–Kier alpha value is -2.17. The van der Waals surface area contributed by atoms with E-state index >= 15 is 0 Å². The lowest BCUT2D eigenvalue weighted by Gasteiger charge is -2.17. The summed E-state index contributed by atoms with van der Waals surface area (Å²) >= 11 is 0. The maximum Gasteiger partial charge on any atom is 0.135 e. The molecule has 2 rings (SSSR count). The van der Waals surface area contributed by atoms with Gasteiger partial charge in [0, 0.05) is 31.0 Å². The summed E-state index contributed by atoms with van der Waals surface area (Å²) in [6.45, 7) is 10.0. The van der Waals surface area contributed by atoms with Crippen molar-refractivity contribution in [3.63, 3.8) is 0 Å². The Kier molecular flexibility index (Phi) is 5.09. The summed E-state index contributed by atoms with van der Waals surface area (Å²) in [5.41, 5.74) is 3.53. The largest absolute Gasteiger partial charge is 0.370 e. The summed E-state index contributed by atoms with van der Waals surface area (Å²) in [6, 6.07) is 2.02. The van der Waals surface area contributed by atoms with Crippen LogP contribution in [0.25, 0.3) is 0 Å². The fraction of sp³-hybridized carbons (Fsp3) is 0.438. The SMILES string of the molecule is CCNc1ncnc(NCc2cnccc2C)c1C(C)C. The van der Waals surface area contributed by atoms with Crippen molar-refractivity contribution in [2.75, 3.05) is 17.2 Å². The van der Waals surface area contributed by atoms with Crippen LogP contribution in [0.1, 0.15) is 43.4 Å². The normalized spacial score (nSPS) is 10.7. The molecule has 0 spiro atoms. The van der Waals surface area contributed by atoms with Crippen LogP contribution in [0.4, 0.5) is 11.6 Å². The third kappa shape index (κ3) is 3.68. The second-order valence-electron chi connectivity index (χ2n) is 5.33. The zero-order chi connectivity index (χ0) is 15.2. The van der Waals surface area contributed by atoms with Gasteiger partial charge in [-0.3, -0.25) is 4.98 Å². The Labute approximate surface area is 126 Å². The van der Waals surface area contributed by atoms with Gasteiger partial charge in [-0.25, -0.2) is 9.97 Å². The molecular weight excluding hydrogens is 262 g/mol. The number of pyridine rings is 1. The average Bonchev–Trinajstić information content (AvgIpc) is 2.46. The van der Waals surface area contributed by atoms with E-state index in [2.05, 4.69) is 53.3 Å². The molecule has 2 aromatic rings. The molecular formula is C16H23N5. The molecule has 0 fully saturated rings. The lowest BCUT2D eigenvalue weighted by atomic mass is 10.0. The third-order valence-electron chi connectivity index (χ3n) is 3.40. The van der Waals surface area contributed by atoms with E-state index in [1.165, 1.54) is 11.1 Å². The second-order valence-corrected chi connectivity index (χ2v) is 5.33. The van der Waals surface area contributed by atoms with Crippen LogP contribution in [0.5, 0.6) is 0 Å². The molecule has 2 heterocycles. The van der Waals surface area contributed by atoms with Gasteiger partial charge in [-0.1, -0.05) is 13.8 Å². The Morgan fingerprint density at radius 2 is 1.86 bits per heavy atom. The number of nitrogens with zero attached hydrogens (tertiary/aromatic N) is 3. The molecule has 0 radical (unpaired) electrons. The maximum atomic E-state index is 4.40. The topological polar surface area (TPSA) is 62.7 Å². The first kappa shape index (κ1) is 15.2. The standard InChI is InChI=1S/C16H23N5/c1-5-18-15-14(11(2)3)16(21-10-20-15)19-9-13-8-17-7-6-12(13)4/h6-8,10-11H,5,9H2,1-4H3,(H2,18,19,20,21). The first-order valence-corrected chi connectivity index (χ1v) is 7.35. The zero-order valence-electron chi connectivity index (χ0n) is 13.1. The highest BCUT2D eigenvalue weighted by molar-refractivity contribution is 5.59. The van der Waals surface area contributed by atoms with E-state index in [4.69, 9.17) is 0 Å². The van der Waals surface area contributed by atoms with Crippen molar-refractivity contribution in [3.05, 3.63) is 41.5 Å². The van der Waals surface area contributed by atoms with Crippen LogP contribution < -0.4 is 10.6 Å². The molecule has 0 saturated carbocycles. The summed E-state index contributed by atoms with van der Waals surface area (Å²) < 4.78 is 0. The fourth-order valence-corrected chi connectivity index (χ4v) is 2.25. The molecule has 2 N–H and O–H groups in total. The van der Waals surface area contributed by atoms with E-state index in [0.29, 0.717) is 12.5 Å². The van der Waals surface area contributed by atoms with Gasteiger partial charge in [0.05, 0.1) is 0 Å². The smallest absolute Gasteiger partial charge is 0.135 e. The van der Waals surface area contributed by atoms with Crippen molar-refractivity contribution >= 4 is 11.6 Å². The summed E-state index contributed by atoms with van der Waals surface area (Å²) in [5.74, 6) is 2.14. The monoisotopic (exact) mass is 285 g/mol. The van der Waals surface area contributed by atoms with E-state index in [1.54, 1.807) is 6.33 Å². The van der Waals surface area contributed by atoms with Crippen molar-refractivity contribution in [1.29, 1.82) is 0 Å². The van der Waals surface area contributed by atoms with Crippen molar-refractivity contribution in [3.8, 4) is 0 Å². The number of nitrogens with one attached hydrogen (secondary N) is 2. The molecule has 0 aliphatic rings. The minimum absolute atomic E-state index is 0.345. The minimum atomic E-state index is 0.345. The molecule has 0 bridgehead atoms. The van der Waals surface area contributed by atoms with Gasteiger partial charge < -0.3 is 10.6 Å². The van der Waals surface area contributed by atoms with Crippen LogP contribution in [0, 0.1) is 6.92 Å². The first-order valence-electron chi connectivity index (χ1n) is 7.35. The quantitative estimate of drug-likeness (QED) is 0.852. The predicted molar refractivity (Wildman–Crippen MR) is 86.6 cm³/mol. The highest BCUT2D eigenvalue weighted by Gasteiger charge is 2.14. The average molecular weight is 285 g/mol. The van der Waals surface area contributed by atoms with Crippen LogP contribution in [0.3, 0.4) is 0 Å². The van der Waals surface area contributed by atoms with Crippen LogP contribution in [-0.4, -0.2) is 21.5 Å². The molecule has 0 aromatic carbocycles. The van der Waals surface area contributed by atoms with Crippen molar-refractivity contribution < 1.29 is 0 Å². The van der Waals surface area contributed by atoms with Gasteiger partial charge in [0.25, 0.3) is 0 Å². The predicted octanol–water partition coefficient (Wildman–Crippen LogP) is 3.35. The highest BCUT2D eigenvalue weighted by Crippen LogP contribution is 2.28. The minimum Gasteiger partial charge on any atom is -0.370 e. The molecule has 112 valence electrons. The van der Waals surface area contributed by atoms with Gasteiger partial charge in [-0.15, -0.1) is 0 Å². The lowest BCUT2D eigenvalue weighted by Crippen LogP contribution is -2.11. The van der Waals surface area contributed by atoms with E-state index in [1.807, 2.05) is 18.5 Å². The van der Waals surface area contributed by atoms with Crippen molar-refractivity contribution in [2.45, 2.75) is 40.2 Å². The van der Waals surface area contributed by atoms with Gasteiger partial charge in [-0.05, 0) is 37.0 Å². The van der Waals surface area contributed by atoms with E-state index in [0.717, 1.165) is 23.7 Å². The Morgan fingerprint density at radius 3 is 2.48 bits per heavy atom. The highest BCUT2D eigenvalue weighted by atomic mass is 15.1. The zero-order valence-corrected chi connectivity index (χ0v) is 13.1. The maximum absolute atomic E-state index is 4.40.